The highest BCUT2D eigenvalue weighted by Crippen LogP contribution is 2.55. The standard InChI is InChI=1S/C35H52FN5O4/c36-27-17-25-31-34(30(27)37-9-15-39-11-3-4-12-39)45-29-19-24-23(21-7-1-2-8-22(21)32(24)42)18-28(29)41(31)20-26(33(25)43)35(44)38-10-16-40-13-5-6-14-40/h20-25,27-31,34,37H,1-19H2,(H,38,44). The van der Waals surface area contributed by atoms with Crippen LogP contribution < -0.4 is 10.6 Å². The number of rotatable bonds is 8. The van der Waals surface area contributed by atoms with Crippen molar-refractivity contribution in [1.82, 2.24) is 25.3 Å². The van der Waals surface area contributed by atoms with Gasteiger partial charge in [-0.25, -0.2) is 4.39 Å². The summed E-state index contributed by atoms with van der Waals surface area (Å²) in [5, 5.41) is 6.55. The molecule has 0 aromatic rings. The van der Waals surface area contributed by atoms with Crippen LogP contribution in [-0.2, 0) is 19.1 Å². The molecular weight excluding hydrogens is 573 g/mol. The van der Waals surface area contributed by atoms with Crippen molar-refractivity contribution in [2.45, 2.75) is 107 Å². The Bertz CT molecular complexity index is 1190. The van der Waals surface area contributed by atoms with E-state index in [4.69, 9.17) is 4.74 Å². The van der Waals surface area contributed by atoms with Crippen LogP contribution in [0.25, 0.3) is 0 Å². The number of carbonyl (C=O) groups excluding carboxylic acids is 3. The lowest BCUT2D eigenvalue weighted by molar-refractivity contribution is -0.206. The third-order valence-electron chi connectivity index (χ3n) is 13.1. The molecule has 8 rings (SSSR count). The molecular formula is C35H52FN5O4. The first-order valence-corrected chi connectivity index (χ1v) is 18.3. The summed E-state index contributed by atoms with van der Waals surface area (Å²) in [7, 11) is 0. The van der Waals surface area contributed by atoms with Crippen LogP contribution in [0.2, 0.25) is 0 Å². The van der Waals surface area contributed by atoms with E-state index in [0.29, 0.717) is 37.1 Å². The number of hydrogen-bond donors (Lipinski definition) is 2. The van der Waals surface area contributed by atoms with E-state index in [9.17, 15) is 14.4 Å². The summed E-state index contributed by atoms with van der Waals surface area (Å²) < 4.78 is 23.1. The molecule has 7 fully saturated rings. The van der Waals surface area contributed by atoms with Crippen molar-refractivity contribution in [2.24, 2.45) is 29.6 Å². The van der Waals surface area contributed by atoms with Gasteiger partial charge in [0.1, 0.15) is 12.0 Å². The average Bonchev–Trinajstić information content (AvgIpc) is 3.82. The molecule has 11 atom stereocenters. The predicted molar refractivity (Wildman–Crippen MR) is 167 cm³/mol. The van der Waals surface area contributed by atoms with Crippen molar-refractivity contribution in [3.8, 4) is 0 Å². The molecule has 8 aliphatic rings. The second-order valence-corrected chi connectivity index (χ2v) is 15.4. The van der Waals surface area contributed by atoms with Gasteiger partial charge in [-0.05, 0) is 95.8 Å². The number of nitrogens with zero attached hydrogens (tertiary/aromatic N) is 3. The number of fused-ring (bicyclic) bond motifs is 5. The lowest BCUT2D eigenvalue weighted by Gasteiger charge is -2.60. The van der Waals surface area contributed by atoms with Gasteiger partial charge in [0.25, 0.3) is 5.91 Å². The van der Waals surface area contributed by atoms with Crippen molar-refractivity contribution in [3.05, 3.63) is 11.8 Å². The number of morpholine rings is 1. The van der Waals surface area contributed by atoms with Gasteiger partial charge in [0, 0.05) is 50.1 Å². The molecule has 9 nitrogen and oxygen atoms in total. The van der Waals surface area contributed by atoms with E-state index in [-0.39, 0.29) is 53.7 Å². The molecule has 45 heavy (non-hydrogen) atoms. The fourth-order valence-electron chi connectivity index (χ4n) is 11.0. The van der Waals surface area contributed by atoms with Crippen molar-refractivity contribution in [1.29, 1.82) is 0 Å². The number of ketones is 2. The quantitative estimate of drug-likeness (QED) is 0.397. The minimum Gasteiger partial charge on any atom is -0.369 e. The van der Waals surface area contributed by atoms with Crippen LogP contribution in [0, 0.1) is 29.6 Å². The SMILES string of the molecule is O=C(NCCN1CCCC1)C1=CN2C3CC4C(CC3OC3C(NCCN5CCCC5)C(F)CC(C1=O)C32)C(=O)C1CCCCC14. The van der Waals surface area contributed by atoms with Crippen molar-refractivity contribution in [2.75, 3.05) is 52.4 Å². The van der Waals surface area contributed by atoms with Gasteiger partial charge in [0.15, 0.2) is 5.78 Å². The van der Waals surface area contributed by atoms with Crippen LogP contribution >= 0.6 is 0 Å². The molecule has 3 saturated heterocycles. The smallest absolute Gasteiger partial charge is 0.256 e. The maximum Gasteiger partial charge on any atom is 0.256 e. The van der Waals surface area contributed by atoms with E-state index < -0.39 is 24.2 Å². The van der Waals surface area contributed by atoms with Crippen LogP contribution in [0.5, 0.6) is 0 Å². The fraction of sp³-hybridized carbons (Fsp3) is 0.857. The van der Waals surface area contributed by atoms with Gasteiger partial charge in [0.05, 0.1) is 35.9 Å². The Hall–Kier alpha value is -1.88. The topological polar surface area (TPSA) is 94.2 Å². The maximum atomic E-state index is 16.2. The van der Waals surface area contributed by atoms with Gasteiger partial charge in [-0.1, -0.05) is 12.8 Å². The highest BCUT2D eigenvalue weighted by atomic mass is 19.1. The predicted octanol–water partition coefficient (Wildman–Crippen LogP) is 2.30. The molecule has 11 unspecified atom stereocenters. The molecule has 0 aromatic carbocycles. The van der Waals surface area contributed by atoms with E-state index in [1.807, 2.05) is 6.20 Å². The zero-order chi connectivity index (χ0) is 30.7. The molecule has 0 radical (unpaired) electrons. The average molecular weight is 626 g/mol. The monoisotopic (exact) mass is 625 g/mol. The van der Waals surface area contributed by atoms with Gasteiger partial charge in [0.2, 0.25) is 0 Å². The fourth-order valence-corrected chi connectivity index (χ4v) is 11.0. The molecule has 4 aliphatic heterocycles. The summed E-state index contributed by atoms with van der Waals surface area (Å²) in [4.78, 5) is 48.3. The lowest BCUT2D eigenvalue weighted by Crippen LogP contribution is -2.73. The first kappa shape index (κ1) is 30.5. The molecule has 4 saturated carbocycles. The Morgan fingerprint density at radius 3 is 2.31 bits per heavy atom. The number of ether oxygens (including phenoxy) is 1. The summed E-state index contributed by atoms with van der Waals surface area (Å²) in [6.45, 7) is 7.12. The minimum absolute atomic E-state index is 0.00890. The van der Waals surface area contributed by atoms with E-state index in [2.05, 4.69) is 25.3 Å². The van der Waals surface area contributed by atoms with Gasteiger partial charge in [-0.15, -0.1) is 0 Å². The van der Waals surface area contributed by atoms with Crippen LogP contribution in [0.4, 0.5) is 4.39 Å². The lowest BCUT2D eigenvalue weighted by atomic mass is 9.66. The number of halogens is 1. The largest absolute Gasteiger partial charge is 0.369 e. The van der Waals surface area contributed by atoms with Gasteiger partial charge < -0.3 is 30.1 Å². The number of hydrogen-bond acceptors (Lipinski definition) is 8. The summed E-state index contributed by atoms with van der Waals surface area (Å²) in [6.07, 6.45) is 10.7. The van der Waals surface area contributed by atoms with Crippen LogP contribution in [0.15, 0.2) is 11.8 Å². The highest BCUT2D eigenvalue weighted by Gasteiger charge is 2.62. The Kier molecular flexibility index (Phi) is 8.54. The zero-order valence-electron chi connectivity index (χ0n) is 26.7. The van der Waals surface area contributed by atoms with Crippen molar-refractivity contribution in [3.63, 3.8) is 0 Å². The van der Waals surface area contributed by atoms with Gasteiger partial charge in [-0.2, -0.15) is 0 Å². The van der Waals surface area contributed by atoms with Crippen LogP contribution in [0.1, 0.15) is 70.6 Å². The summed E-state index contributed by atoms with van der Waals surface area (Å²) in [5.41, 5.74) is 0.171. The number of Topliss-reactive ketones (excluding diaryl/α,β-unsaturated/α-hetero) is 2. The maximum absolute atomic E-state index is 16.2. The second kappa shape index (κ2) is 12.6. The van der Waals surface area contributed by atoms with E-state index in [1.165, 1.54) is 32.1 Å². The number of alkyl halides is 1. The summed E-state index contributed by atoms with van der Waals surface area (Å²) >= 11 is 0. The molecule has 4 heterocycles. The second-order valence-electron chi connectivity index (χ2n) is 15.4. The van der Waals surface area contributed by atoms with Crippen LogP contribution in [-0.4, -0.2) is 121 Å². The molecule has 1 amide bonds. The Labute approximate surface area is 267 Å². The van der Waals surface area contributed by atoms with Gasteiger partial charge >= 0.3 is 0 Å². The molecule has 0 spiro atoms. The number of likely N-dealkylation sites (tertiary alicyclic amines) is 2. The Morgan fingerprint density at radius 1 is 0.844 bits per heavy atom. The highest BCUT2D eigenvalue weighted by molar-refractivity contribution is 6.20. The minimum atomic E-state index is -1.25. The molecule has 0 bridgehead atoms. The zero-order valence-corrected chi connectivity index (χ0v) is 26.7. The first-order valence-electron chi connectivity index (χ1n) is 18.3. The third kappa shape index (κ3) is 5.49. The van der Waals surface area contributed by atoms with E-state index in [0.717, 1.165) is 65.0 Å². The Morgan fingerprint density at radius 2 is 1.56 bits per heavy atom. The molecule has 0 aromatic heterocycles. The number of amides is 1. The van der Waals surface area contributed by atoms with E-state index in [1.54, 1.807) is 0 Å². The van der Waals surface area contributed by atoms with Crippen molar-refractivity contribution >= 4 is 17.5 Å². The van der Waals surface area contributed by atoms with E-state index >= 15 is 4.39 Å². The molecule has 10 heteroatoms. The summed E-state index contributed by atoms with van der Waals surface area (Å²) in [6, 6.07) is -0.827. The van der Waals surface area contributed by atoms with Crippen LogP contribution in [0.3, 0.4) is 0 Å². The Balaban J connectivity index is 1.06. The molecule has 248 valence electrons. The van der Waals surface area contributed by atoms with Crippen molar-refractivity contribution < 1.29 is 23.5 Å². The first-order chi connectivity index (χ1) is 22.0. The molecule has 4 aliphatic carbocycles. The summed E-state index contributed by atoms with van der Waals surface area (Å²) in [5.74, 6) is 0.206. The van der Waals surface area contributed by atoms with Gasteiger partial charge in [-0.3, -0.25) is 14.4 Å². The number of nitrogens with one attached hydrogen (secondary N) is 2. The molecule has 2 N–H and O–H groups in total. The number of carbonyl (C=O) groups is 3. The normalized spacial score (nSPS) is 43.0. The third-order valence-corrected chi connectivity index (χ3v) is 13.1.